The van der Waals surface area contributed by atoms with E-state index < -0.39 is 15.7 Å². The number of rotatable bonds is 7. The number of pyridine rings is 1. The summed E-state index contributed by atoms with van der Waals surface area (Å²) in [6.07, 6.45) is 3.01. The number of carbonyl (C=O) groups excluding carboxylic acids is 2. The monoisotopic (exact) mass is 423 g/mol. The maximum Gasteiger partial charge on any atom is 0.255 e. The van der Waals surface area contributed by atoms with Crippen LogP contribution in [0.4, 0.5) is 5.69 Å². The molecule has 0 aliphatic heterocycles. The maximum atomic E-state index is 12.7. The summed E-state index contributed by atoms with van der Waals surface area (Å²) >= 11 is 0. The number of hydrogen-bond acceptors (Lipinski definition) is 5. The Hall–Kier alpha value is -3.52. The fourth-order valence-corrected chi connectivity index (χ4v) is 4.03. The molecule has 0 aliphatic rings. The van der Waals surface area contributed by atoms with Crippen LogP contribution in [0.1, 0.15) is 26.3 Å². The first-order valence-corrected chi connectivity index (χ1v) is 10.9. The molecule has 1 heterocycles. The third-order valence-corrected chi connectivity index (χ3v) is 6.19. The van der Waals surface area contributed by atoms with Gasteiger partial charge in [-0.3, -0.25) is 14.6 Å². The zero-order chi connectivity index (χ0) is 21.6. The van der Waals surface area contributed by atoms with Crippen LogP contribution in [0, 0.1) is 6.92 Å². The summed E-state index contributed by atoms with van der Waals surface area (Å²) in [6, 6.07) is 16.3. The summed E-state index contributed by atoms with van der Waals surface area (Å²) in [5, 5.41) is 5.39. The minimum Gasteiger partial charge on any atom is -0.351 e. The van der Waals surface area contributed by atoms with E-state index in [0.717, 1.165) is 0 Å². The lowest BCUT2D eigenvalue weighted by atomic mass is 10.1. The van der Waals surface area contributed by atoms with Crippen molar-refractivity contribution in [2.45, 2.75) is 11.8 Å². The van der Waals surface area contributed by atoms with Gasteiger partial charge in [0.15, 0.2) is 9.84 Å². The van der Waals surface area contributed by atoms with Crippen LogP contribution in [0.15, 0.2) is 78.0 Å². The van der Waals surface area contributed by atoms with Gasteiger partial charge in [0.25, 0.3) is 11.8 Å². The molecule has 0 spiro atoms. The van der Waals surface area contributed by atoms with E-state index in [4.69, 9.17) is 0 Å². The number of carbonyl (C=O) groups is 2. The molecule has 7 nitrogen and oxygen atoms in total. The van der Waals surface area contributed by atoms with Crippen molar-refractivity contribution >= 4 is 27.3 Å². The molecular formula is C22H21N3O4S. The van der Waals surface area contributed by atoms with E-state index in [0.29, 0.717) is 16.8 Å². The summed E-state index contributed by atoms with van der Waals surface area (Å²) < 4.78 is 24.7. The zero-order valence-electron chi connectivity index (χ0n) is 16.3. The largest absolute Gasteiger partial charge is 0.351 e. The van der Waals surface area contributed by atoms with Gasteiger partial charge in [-0.1, -0.05) is 30.3 Å². The Morgan fingerprint density at radius 3 is 2.30 bits per heavy atom. The van der Waals surface area contributed by atoms with Crippen LogP contribution in [0.2, 0.25) is 0 Å². The number of hydrogen-bond donors (Lipinski definition) is 2. The van der Waals surface area contributed by atoms with Gasteiger partial charge in [-0.2, -0.15) is 0 Å². The molecule has 0 bridgehead atoms. The number of aryl methyl sites for hydroxylation is 1. The number of nitrogens with zero attached hydrogens (tertiary/aromatic N) is 1. The van der Waals surface area contributed by atoms with Crippen LogP contribution in [-0.2, 0) is 9.84 Å². The number of amides is 2. The second kappa shape index (κ2) is 9.32. The molecule has 0 radical (unpaired) electrons. The Bertz CT molecular complexity index is 1150. The number of benzene rings is 2. The second-order valence-electron chi connectivity index (χ2n) is 6.58. The second-order valence-corrected chi connectivity index (χ2v) is 8.68. The first-order chi connectivity index (χ1) is 14.4. The summed E-state index contributed by atoms with van der Waals surface area (Å²) in [5.74, 6) is -1.06. The Balaban J connectivity index is 1.70. The van der Waals surface area contributed by atoms with E-state index in [9.17, 15) is 18.0 Å². The van der Waals surface area contributed by atoms with Crippen molar-refractivity contribution in [3.05, 3.63) is 89.7 Å². The molecule has 0 unspecified atom stereocenters. The average molecular weight is 423 g/mol. The fraction of sp³-hybridized carbons (Fsp3) is 0.136. The van der Waals surface area contributed by atoms with Gasteiger partial charge in [-0.15, -0.1) is 0 Å². The van der Waals surface area contributed by atoms with Crippen molar-refractivity contribution in [3.63, 3.8) is 0 Å². The van der Waals surface area contributed by atoms with Crippen LogP contribution in [0.3, 0.4) is 0 Å². The van der Waals surface area contributed by atoms with Gasteiger partial charge in [0, 0.05) is 24.5 Å². The predicted octanol–water partition coefficient (Wildman–Crippen LogP) is 2.85. The lowest BCUT2D eigenvalue weighted by Crippen LogP contribution is -2.30. The van der Waals surface area contributed by atoms with Gasteiger partial charge in [0.05, 0.1) is 21.9 Å². The molecule has 3 rings (SSSR count). The Labute approximate surface area is 175 Å². The summed E-state index contributed by atoms with van der Waals surface area (Å²) in [5.41, 5.74) is 1.76. The summed E-state index contributed by atoms with van der Waals surface area (Å²) in [7, 11) is -3.50. The Morgan fingerprint density at radius 2 is 1.60 bits per heavy atom. The first-order valence-electron chi connectivity index (χ1n) is 9.25. The predicted molar refractivity (Wildman–Crippen MR) is 114 cm³/mol. The highest BCUT2D eigenvalue weighted by molar-refractivity contribution is 7.91. The molecule has 2 N–H and O–H groups in total. The van der Waals surface area contributed by atoms with Crippen molar-refractivity contribution in [1.82, 2.24) is 10.3 Å². The van der Waals surface area contributed by atoms with E-state index in [-0.39, 0.29) is 28.7 Å². The van der Waals surface area contributed by atoms with Gasteiger partial charge >= 0.3 is 0 Å². The standard InChI is InChI=1S/C22H21N3O4S/c1-16-6-5-9-19(20(16)25-21(26)17-10-12-23-13-11-17)22(27)24-14-15-30(28,29)18-7-3-2-4-8-18/h2-13H,14-15H2,1H3,(H,24,27)(H,25,26). The number of para-hydroxylation sites is 1. The smallest absolute Gasteiger partial charge is 0.255 e. The van der Waals surface area contributed by atoms with Crippen molar-refractivity contribution in [2.24, 2.45) is 0 Å². The van der Waals surface area contributed by atoms with Crippen LogP contribution >= 0.6 is 0 Å². The number of aromatic nitrogens is 1. The van der Waals surface area contributed by atoms with E-state index in [1.165, 1.54) is 24.5 Å². The first kappa shape index (κ1) is 21.2. The van der Waals surface area contributed by atoms with E-state index >= 15 is 0 Å². The van der Waals surface area contributed by atoms with Crippen LogP contribution < -0.4 is 10.6 Å². The van der Waals surface area contributed by atoms with Crippen molar-refractivity contribution < 1.29 is 18.0 Å². The molecule has 3 aromatic rings. The highest BCUT2D eigenvalue weighted by Crippen LogP contribution is 2.21. The number of nitrogens with one attached hydrogen (secondary N) is 2. The third kappa shape index (κ3) is 5.09. The maximum absolute atomic E-state index is 12.7. The lowest BCUT2D eigenvalue weighted by molar-refractivity contribution is 0.0957. The average Bonchev–Trinajstić information content (AvgIpc) is 2.76. The highest BCUT2D eigenvalue weighted by atomic mass is 32.2. The molecule has 1 aromatic heterocycles. The number of sulfone groups is 1. The van der Waals surface area contributed by atoms with E-state index in [2.05, 4.69) is 15.6 Å². The van der Waals surface area contributed by atoms with Gasteiger partial charge in [0.2, 0.25) is 0 Å². The quantitative estimate of drug-likeness (QED) is 0.608. The Morgan fingerprint density at radius 1 is 0.900 bits per heavy atom. The van der Waals surface area contributed by atoms with Gasteiger partial charge in [-0.25, -0.2) is 8.42 Å². The molecule has 154 valence electrons. The molecule has 0 fully saturated rings. The molecule has 0 saturated carbocycles. The van der Waals surface area contributed by atoms with E-state index in [1.54, 1.807) is 55.5 Å². The molecule has 0 aliphatic carbocycles. The summed E-state index contributed by atoms with van der Waals surface area (Å²) in [4.78, 5) is 29.3. The van der Waals surface area contributed by atoms with Crippen LogP contribution in [-0.4, -0.2) is 37.5 Å². The van der Waals surface area contributed by atoms with Crippen molar-refractivity contribution in [3.8, 4) is 0 Å². The SMILES string of the molecule is Cc1cccc(C(=O)NCCS(=O)(=O)c2ccccc2)c1NC(=O)c1ccncc1. The lowest BCUT2D eigenvalue weighted by Gasteiger charge is -2.14. The molecule has 2 amide bonds. The van der Waals surface area contributed by atoms with Crippen molar-refractivity contribution in [2.75, 3.05) is 17.6 Å². The summed E-state index contributed by atoms with van der Waals surface area (Å²) in [6.45, 7) is 1.72. The third-order valence-electron chi connectivity index (χ3n) is 4.46. The molecular weight excluding hydrogens is 402 g/mol. The zero-order valence-corrected chi connectivity index (χ0v) is 17.1. The van der Waals surface area contributed by atoms with Gasteiger partial charge in [0.1, 0.15) is 0 Å². The van der Waals surface area contributed by atoms with Gasteiger partial charge in [-0.05, 0) is 42.8 Å². The van der Waals surface area contributed by atoms with Crippen LogP contribution in [0.25, 0.3) is 0 Å². The molecule has 8 heteroatoms. The highest BCUT2D eigenvalue weighted by Gasteiger charge is 2.18. The minimum absolute atomic E-state index is 0.0538. The molecule has 0 saturated heterocycles. The van der Waals surface area contributed by atoms with Gasteiger partial charge < -0.3 is 10.6 Å². The fourth-order valence-electron chi connectivity index (χ4n) is 2.85. The molecule has 0 atom stereocenters. The normalized spacial score (nSPS) is 11.0. The molecule has 2 aromatic carbocycles. The van der Waals surface area contributed by atoms with E-state index in [1.807, 2.05) is 0 Å². The van der Waals surface area contributed by atoms with Crippen LogP contribution in [0.5, 0.6) is 0 Å². The van der Waals surface area contributed by atoms with Crippen molar-refractivity contribution in [1.29, 1.82) is 0 Å². The minimum atomic E-state index is -3.50. The molecule has 30 heavy (non-hydrogen) atoms. The number of anilines is 1. The Kier molecular flexibility index (Phi) is 6.58. The topological polar surface area (TPSA) is 105 Å².